The zero-order valence-corrected chi connectivity index (χ0v) is 16.4. The van der Waals surface area contributed by atoms with E-state index in [1.54, 1.807) is 25.2 Å². The smallest absolute Gasteiger partial charge is 0.259 e. The molecule has 138 valence electrons. The number of hydrogen-bond donors (Lipinski definition) is 2. The number of aryl methyl sites for hydroxylation is 2. The second-order valence-corrected chi connectivity index (χ2v) is 8.51. The van der Waals surface area contributed by atoms with Crippen LogP contribution in [0, 0.1) is 6.92 Å². The van der Waals surface area contributed by atoms with Crippen molar-refractivity contribution in [2.24, 2.45) is 0 Å². The molecule has 0 spiro atoms. The molecular weight excluding hydrogens is 358 g/mol. The second-order valence-electron chi connectivity index (χ2n) is 7.56. The number of nitrogens with one attached hydrogen (secondary N) is 1. The average Bonchev–Trinajstić information content (AvgIpc) is 3.07. The molecule has 4 aromatic rings. The Labute approximate surface area is 160 Å². The molecule has 3 heterocycles. The van der Waals surface area contributed by atoms with Gasteiger partial charge in [0.1, 0.15) is 5.69 Å². The molecular formula is C21H21N3O2S. The molecule has 0 fully saturated rings. The highest BCUT2D eigenvalue weighted by molar-refractivity contribution is 7.17. The van der Waals surface area contributed by atoms with Gasteiger partial charge in [0.25, 0.3) is 5.56 Å². The maximum Gasteiger partial charge on any atom is 0.259 e. The van der Waals surface area contributed by atoms with Crippen LogP contribution in [0.1, 0.15) is 31.4 Å². The van der Waals surface area contributed by atoms with E-state index in [2.05, 4.69) is 15.0 Å². The number of aliphatic hydroxyl groups is 1. The number of hydrogen-bond acceptors (Lipinski definition) is 5. The average molecular weight is 379 g/mol. The van der Waals surface area contributed by atoms with E-state index in [0.29, 0.717) is 35.3 Å². The predicted molar refractivity (Wildman–Crippen MR) is 110 cm³/mol. The van der Waals surface area contributed by atoms with Crippen LogP contribution in [0.25, 0.3) is 32.5 Å². The highest BCUT2D eigenvalue weighted by atomic mass is 32.1. The summed E-state index contributed by atoms with van der Waals surface area (Å²) in [5, 5.41) is 13.6. The second kappa shape index (κ2) is 6.55. The van der Waals surface area contributed by atoms with Crippen molar-refractivity contribution >= 4 is 32.3 Å². The van der Waals surface area contributed by atoms with E-state index in [4.69, 9.17) is 0 Å². The Morgan fingerprint density at radius 3 is 2.85 bits per heavy atom. The van der Waals surface area contributed by atoms with Crippen LogP contribution in [0.4, 0.5) is 0 Å². The largest absolute Gasteiger partial charge is 0.390 e. The Morgan fingerprint density at radius 1 is 1.26 bits per heavy atom. The lowest BCUT2D eigenvalue weighted by Crippen LogP contribution is -2.19. The number of aromatic amines is 1. The highest BCUT2D eigenvalue weighted by Gasteiger charge is 2.15. The molecule has 4 rings (SSSR count). The minimum atomic E-state index is -0.733. The maximum absolute atomic E-state index is 12.7. The van der Waals surface area contributed by atoms with Crippen molar-refractivity contribution < 1.29 is 5.11 Å². The van der Waals surface area contributed by atoms with Gasteiger partial charge in [0, 0.05) is 6.20 Å². The first-order valence-corrected chi connectivity index (χ1v) is 9.78. The molecule has 0 unspecified atom stereocenters. The van der Waals surface area contributed by atoms with E-state index < -0.39 is 5.60 Å². The molecule has 0 saturated heterocycles. The van der Waals surface area contributed by atoms with Crippen molar-refractivity contribution in [1.82, 2.24) is 15.0 Å². The van der Waals surface area contributed by atoms with E-state index in [1.807, 2.05) is 42.8 Å². The molecule has 3 aromatic heterocycles. The monoisotopic (exact) mass is 379 g/mol. The number of nitrogens with zero attached hydrogens (tertiary/aromatic N) is 2. The topological polar surface area (TPSA) is 78.9 Å². The third kappa shape index (κ3) is 3.63. The van der Waals surface area contributed by atoms with Crippen molar-refractivity contribution in [3.05, 3.63) is 57.3 Å². The van der Waals surface area contributed by atoms with E-state index >= 15 is 0 Å². The lowest BCUT2D eigenvalue weighted by Gasteiger charge is -2.17. The van der Waals surface area contributed by atoms with Gasteiger partial charge in [-0.25, -0.2) is 4.98 Å². The Kier molecular flexibility index (Phi) is 4.32. The van der Waals surface area contributed by atoms with E-state index in [1.165, 1.54) is 0 Å². The van der Waals surface area contributed by atoms with Gasteiger partial charge in [0.2, 0.25) is 0 Å². The third-order valence-corrected chi connectivity index (χ3v) is 5.54. The van der Waals surface area contributed by atoms with E-state index in [-0.39, 0.29) is 5.56 Å². The van der Waals surface area contributed by atoms with E-state index in [0.717, 1.165) is 21.2 Å². The predicted octanol–water partition coefficient (Wildman–Crippen LogP) is 4.21. The summed E-state index contributed by atoms with van der Waals surface area (Å²) in [5.41, 5.74) is 2.42. The Bertz CT molecular complexity index is 1200. The molecule has 6 heteroatoms. The van der Waals surface area contributed by atoms with Crippen molar-refractivity contribution in [3.8, 4) is 11.5 Å². The molecule has 2 N–H and O–H groups in total. The van der Waals surface area contributed by atoms with Crippen LogP contribution >= 0.6 is 11.3 Å². The number of thiophene rings is 1. The van der Waals surface area contributed by atoms with Gasteiger partial charge in [-0.2, -0.15) is 0 Å². The minimum Gasteiger partial charge on any atom is -0.390 e. The van der Waals surface area contributed by atoms with Gasteiger partial charge in [-0.1, -0.05) is 6.07 Å². The van der Waals surface area contributed by atoms with Crippen LogP contribution in [0.15, 0.2) is 40.6 Å². The molecule has 0 aliphatic heterocycles. The lowest BCUT2D eigenvalue weighted by molar-refractivity contribution is 0.0714. The van der Waals surface area contributed by atoms with Gasteiger partial charge in [-0.15, -0.1) is 11.3 Å². The molecule has 1 aromatic carbocycles. The van der Waals surface area contributed by atoms with Crippen molar-refractivity contribution in [1.29, 1.82) is 0 Å². The van der Waals surface area contributed by atoms with Crippen molar-refractivity contribution in [2.75, 3.05) is 0 Å². The fourth-order valence-corrected chi connectivity index (χ4v) is 3.94. The van der Waals surface area contributed by atoms with Gasteiger partial charge in [-0.05, 0) is 73.7 Å². The zero-order chi connectivity index (χ0) is 19.2. The Balaban J connectivity index is 1.79. The van der Waals surface area contributed by atoms with Crippen LogP contribution in [0.2, 0.25) is 0 Å². The summed E-state index contributed by atoms with van der Waals surface area (Å²) in [5.74, 6) is 0.480. The van der Waals surface area contributed by atoms with Crippen LogP contribution in [-0.4, -0.2) is 25.7 Å². The van der Waals surface area contributed by atoms with Crippen LogP contribution in [0.5, 0.6) is 0 Å². The summed E-state index contributed by atoms with van der Waals surface area (Å²) in [4.78, 5) is 24.7. The molecule has 5 nitrogen and oxygen atoms in total. The summed E-state index contributed by atoms with van der Waals surface area (Å²) < 4.78 is 1.11. The molecule has 0 aliphatic rings. The fourth-order valence-electron chi connectivity index (χ4n) is 3.20. The van der Waals surface area contributed by atoms with Crippen LogP contribution in [-0.2, 0) is 6.42 Å². The molecule has 0 bridgehead atoms. The van der Waals surface area contributed by atoms with Crippen LogP contribution < -0.4 is 5.56 Å². The van der Waals surface area contributed by atoms with Gasteiger partial charge in [0.05, 0.1) is 21.2 Å². The van der Waals surface area contributed by atoms with Crippen molar-refractivity contribution in [2.45, 2.75) is 39.2 Å². The molecule has 0 amide bonds. The standard InChI is InChI=1S/C21H21N3O2S/c1-12-8-13(4-6-21(2,3)26)9-15-18(12)23-19(24-20(15)25)16-10-14-5-7-27-17(14)11-22-16/h5,7-11,26H,4,6H2,1-3H3,(H,23,24,25). The van der Waals surface area contributed by atoms with Crippen LogP contribution in [0.3, 0.4) is 0 Å². The SMILES string of the molecule is Cc1cc(CCC(C)(C)O)cc2c(=O)[nH]c(-c3cc4ccsc4cn3)nc12. The number of benzene rings is 1. The third-order valence-electron chi connectivity index (χ3n) is 4.67. The molecule has 0 radical (unpaired) electrons. The first-order chi connectivity index (χ1) is 12.8. The first kappa shape index (κ1) is 17.8. The summed E-state index contributed by atoms with van der Waals surface area (Å²) in [7, 11) is 0. The number of pyridine rings is 1. The number of H-pyrrole nitrogens is 1. The van der Waals surface area contributed by atoms with Gasteiger partial charge in [-0.3, -0.25) is 9.78 Å². The number of aromatic nitrogens is 3. The quantitative estimate of drug-likeness (QED) is 0.557. The first-order valence-electron chi connectivity index (χ1n) is 8.90. The summed E-state index contributed by atoms with van der Waals surface area (Å²) in [6.07, 6.45) is 3.15. The maximum atomic E-state index is 12.7. The Hall–Kier alpha value is -2.57. The van der Waals surface area contributed by atoms with Gasteiger partial charge >= 0.3 is 0 Å². The minimum absolute atomic E-state index is 0.171. The normalized spacial score (nSPS) is 12.1. The summed E-state index contributed by atoms with van der Waals surface area (Å²) >= 11 is 1.63. The Morgan fingerprint density at radius 2 is 2.07 bits per heavy atom. The fraction of sp³-hybridized carbons (Fsp3) is 0.286. The van der Waals surface area contributed by atoms with E-state index in [9.17, 15) is 9.90 Å². The van der Waals surface area contributed by atoms with Gasteiger partial charge < -0.3 is 10.1 Å². The zero-order valence-electron chi connectivity index (χ0n) is 15.5. The van der Waals surface area contributed by atoms with Crippen molar-refractivity contribution in [3.63, 3.8) is 0 Å². The number of fused-ring (bicyclic) bond motifs is 2. The summed E-state index contributed by atoms with van der Waals surface area (Å²) in [6.45, 7) is 5.54. The summed E-state index contributed by atoms with van der Waals surface area (Å²) in [6, 6.07) is 7.90. The number of rotatable bonds is 4. The molecule has 0 atom stereocenters. The molecule has 27 heavy (non-hydrogen) atoms. The molecule has 0 aliphatic carbocycles. The molecule has 0 saturated carbocycles. The van der Waals surface area contributed by atoms with Gasteiger partial charge in [0.15, 0.2) is 5.82 Å². The lowest BCUT2D eigenvalue weighted by atomic mass is 9.97. The highest BCUT2D eigenvalue weighted by Crippen LogP contribution is 2.25.